The van der Waals surface area contributed by atoms with Crippen LogP contribution >= 0.6 is 0 Å². The van der Waals surface area contributed by atoms with Crippen LogP contribution in [-0.4, -0.2) is 61.1 Å². The van der Waals surface area contributed by atoms with Gasteiger partial charge in [0, 0.05) is 17.7 Å². The highest BCUT2D eigenvalue weighted by Crippen LogP contribution is 2.21. The molecule has 2 aromatic rings. The monoisotopic (exact) mass is 482 g/mol. The Morgan fingerprint density at radius 1 is 1.00 bits per heavy atom. The highest BCUT2D eigenvalue weighted by Gasteiger charge is 2.16. The van der Waals surface area contributed by atoms with E-state index in [1.54, 1.807) is 25.9 Å². The normalized spacial score (nSPS) is 10.4. The molecule has 0 spiro atoms. The number of carbonyl (C=O) groups is 1. The third-order valence-corrected chi connectivity index (χ3v) is 4.60. The Balaban J connectivity index is 0.000000362. The van der Waals surface area contributed by atoms with Crippen molar-refractivity contribution in [3.63, 3.8) is 0 Å². The summed E-state index contributed by atoms with van der Waals surface area (Å²) >= 11 is 0. The lowest BCUT2D eigenvalue weighted by Gasteiger charge is -2.15. The Morgan fingerprint density at radius 2 is 1.50 bits per heavy atom. The maximum Gasteiger partial charge on any atom is 0.320 e. The summed E-state index contributed by atoms with van der Waals surface area (Å²) in [5.74, 6) is -1.56. The molecule has 0 saturated carbocycles. The molecule has 0 bridgehead atoms. The van der Waals surface area contributed by atoms with Crippen molar-refractivity contribution in [2.45, 2.75) is 19.8 Å². The van der Waals surface area contributed by atoms with Gasteiger partial charge >= 0.3 is 5.97 Å². The van der Waals surface area contributed by atoms with Crippen LogP contribution < -0.4 is 5.32 Å². The zero-order valence-corrected chi connectivity index (χ0v) is 19.3. The zero-order chi connectivity index (χ0) is 25.7. The Hall–Kier alpha value is -3.51. The number of nitro groups is 2. The first-order valence-corrected chi connectivity index (χ1v) is 10.4. The van der Waals surface area contributed by atoms with Gasteiger partial charge < -0.3 is 10.1 Å². The SMILES string of the molecule is CCOC(=O)CN(C)CCc1ccc(F)cc1[N+](=O)[O-].CNCCc1ccc(F)cc1[N+](=O)[O-]. The van der Waals surface area contributed by atoms with E-state index in [1.165, 1.54) is 24.3 Å². The molecule has 0 aliphatic rings. The van der Waals surface area contributed by atoms with E-state index in [1.807, 2.05) is 0 Å². The fraction of sp³-hybridized carbons (Fsp3) is 0.409. The van der Waals surface area contributed by atoms with Crippen LogP contribution in [0.1, 0.15) is 18.1 Å². The predicted molar refractivity (Wildman–Crippen MR) is 122 cm³/mol. The summed E-state index contributed by atoms with van der Waals surface area (Å²) in [4.78, 5) is 33.2. The number of nitro benzene ring substituents is 2. The molecule has 0 aliphatic heterocycles. The van der Waals surface area contributed by atoms with Crippen LogP contribution in [0.5, 0.6) is 0 Å². The molecule has 0 atom stereocenters. The van der Waals surface area contributed by atoms with Crippen molar-refractivity contribution < 1.29 is 28.2 Å². The van der Waals surface area contributed by atoms with Gasteiger partial charge in [-0.1, -0.05) is 0 Å². The Morgan fingerprint density at radius 3 is 1.94 bits per heavy atom. The Labute approximate surface area is 195 Å². The number of hydrogen-bond acceptors (Lipinski definition) is 8. The third-order valence-electron chi connectivity index (χ3n) is 4.60. The molecule has 0 fully saturated rings. The number of likely N-dealkylation sites (N-methyl/N-ethyl adjacent to an activating group) is 2. The third kappa shape index (κ3) is 9.96. The maximum atomic E-state index is 13.0. The van der Waals surface area contributed by atoms with Gasteiger partial charge in [0.2, 0.25) is 0 Å². The molecule has 0 saturated heterocycles. The fourth-order valence-corrected chi connectivity index (χ4v) is 2.91. The largest absolute Gasteiger partial charge is 0.465 e. The highest BCUT2D eigenvalue weighted by molar-refractivity contribution is 5.71. The van der Waals surface area contributed by atoms with Crippen LogP contribution in [0, 0.1) is 31.9 Å². The van der Waals surface area contributed by atoms with Crippen molar-refractivity contribution >= 4 is 17.3 Å². The highest BCUT2D eigenvalue weighted by atomic mass is 19.1. The zero-order valence-electron chi connectivity index (χ0n) is 19.3. The molecule has 0 aromatic heterocycles. The maximum absolute atomic E-state index is 13.0. The number of ether oxygens (including phenoxy) is 1. The summed E-state index contributed by atoms with van der Waals surface area (Å²) in [5.41, 5.74) is 0.590. The van der Waals surface area contributed by atoms with Crippen LogP contribution in [-0.2, 0) is 22.4 Å². The average molecular weight is 482 g/mol. The van der Waals surface area contributed by atoms with Gasteiger partial charge in [0.25, 0.3) is 11.4 Å². The molecule has 1 N–H and O–H groups in total. The molecule has 0 amide bonds. The number of nitrogens with one attached hydrogen (secondary N) is 1. The summed E-state index contributed by atoms with van der Waals surface area (Å²) in [6.07, 6.45) is 0.875. The lowest BCUT2D eigenvalue weighted by molar-refractivity contribution is -0.385. The minimum atomic E-state index is -0.639. The molecule has 2 aromatic carbocycles. The van der Waals surface area contributed by atoms with E-state index in [4.69, 9.17) is 4.74 Å². The van der Waals surface area contributed by atoms with Crippen LogP contribution in [0.15, 0.2) is 36.4 Å². The number of esters is 1. The molecular weight excluding hydrogens is 454 g/mol. The van der Waals surface area contributed by atoms with Crippen molar-refractivity contribution in [2.75, 3.05) is 40.3 Å². The smallest absolute Gasteiger partial charge is 0.320 e. The topological polar surface area (TPSA) is 128 Å². The molecule has 0 radical (unpaired) electrons. The second kappa shape index (κ2) is 14.6. The van der Waals surface area contributed by atoms with Gasteiger partial charge in [0.05, 0.1) is 35.1 Å². The van der Waals surface area contributed by atoms with Crippen molar-refractivity contribution in [2.24, 2.45) is 0 Å². The molecule has 0 aliphatic carbocycles. The molecule has 0 heterocycles. The second-order valence-electron chi connectivity index (χ2n) is 7.21. The van der Waals surface area contributed by atoms with Crippen LogP contribution in [0.25, 0.3) is 0 Å². The Kier molecular flexibility index (Phi) is 12.2. The van der Waals surface area contributed by atoms with E-state index in [0.29, 0.717) is 43.7 Å². The van der Waals surface area contributed by atoms with Crippen molar-refractivity contribution in [3.8, 4) is 0 Å². The summed E-state index contributed by atoms with van der Waals surface area (Å²) in [6, 6.07) is 7.12. The molecule has 10 nitrogen and oxygen atoms in total. The first-order chi connectivity index (χ1) is 16.1. The van der Waals surface area contributed by atoms with Crippen LogP contribution in [0.2, 0.25) is 0 Å². The van der Waals surface area contributed by atoms with E-state index in [-0.39, 0.29) is 23.9 Å². The van der Waals surface area contributed by atoms with Gasteiger partial charge in [-0.3, -0.25) is 29.9 Å². The first-order valence-electron chi connectivity index (χ1n) is 10.4. The standard InChI is InChI=1S/C13H17FN2O4.C9H11FN2O2/c1-3-20-13(17)9-15(2)7-6-10-4-5-11(14)8-12(10)16(18)19;1-11-5-4-7-2-3-8(10)6-9(7)12(13)14/h4-5,8H,3,6-7,9H2,1-2H3;2-3,6,11H,4-5H2,1H3. The van der Waals surface area contributed by atoms with Crippen molar-refractivity contribution in [3.05, 3.63) is 79.4 Å². The van der Waals surface area contributed by atoms with Gasteiger partial charge in [-0.05, 0) is 64.7 Å². The van der Waals surface area contributed by atoms with Gasteiger partial charge in [-0.25, -0.2) is 8.78 Å². The predicted octanol–water partition coefficient (Wildman–Crippen LogP) is 3.27. The second-order valence-corrected chi connectivity index (χ2v) is 7.21. The lowest BCUT2D eigenvalue weighted by atomic mass is 10.1. The summed E-state index contributed by atoms with van der Waals surface area (Å²) in [6.45, 7) is 3.22. The summed E-state index contributed by atoms with van der Waals surface area (Å²) in [5, 5.41) is 24.3. The number of carbonyl (C=O) groups excluding carboxylic acids is 1. The minimum absolute atomic E-state index is 0.114. The van der Waals surface area contributed by atoms with E-state index in [2.05, 4.69) is 5.32 Å². The van der Waals surface area contributed by atoms with Gasteiger partial charge in [0.1, 0.15) is 11.6 Å². The molecular formula is C22H28F2N4O6. The molecule has 0 unspecified atom stereocenters. The van der Waals surface area contributed by atoms with Gasteiger partial charge in [-0.2, -0.15) is 0 Å². The van der Waals surface area contributed by atoms with E-state index < -0.39 is 21.5 Å². The number of nitrogens with zero attached hydrogens (tertiary/aromatic N) is 3. The molecule has 34 heavy (non-hydrogen) atoms. The van der Waals surface area contributed by atoms with Gasteiger partial charge in [-0.15, -0.1) is 0 Å². The molecule has 12 heteroatoms. The average Bonchev–Trinajstić information content (AvgIpc) is 2.77. The Bertz CT molecular complexity index is 990. The van der Waals surface area contributed by atoms with Crippen LogP contribution in [0.4, 0.5) is 20.2 Å². The summed E-state index contributed by atoms with van der Waals surface area (Å²) < 4.78 is 30.5. The van der Waals surface area contributed by atoms with Crippen molar-refractivity contribution in [1.29, 1.82) is 0 Å². The van der Waals surface area contributed by atoms with E-state index in [9.17, 15) is 33.8 Å². The number of rotatable bonds is 11. The first kappa shape index (κ1) is 28.5. The summed E-state index contributed by atoms with van der Waals surface area (Å²) in [7, 11) is 3.47. The van der Waals surface area contributed by atoms with E-state index in [0.717, 1.165) is 12.1 Å². The minimum Gasteiger partial charge on any atom is -0.465 e. The number of benzene rings is 2. The quantitative estimate of drug-likeness (QED) is 0.294. The van der Waals surface area contributed by atoms with Gasteiger partial charge in [0.15, 0.2) is 0 Å². The molecule has 2 rings (SSSR count). The number of hydrogen-bond donors (Lipinski definition) is 1. The number of halogens is 2. The lowest BCUT2D eigenvalue weighted by Crippen LogP contribution is -2.29. The molecule has 186 valence electrons. The van der Waals surface area contributed by atoms with Crippen LogP contribution in [0.3, 0.4) is 0 Å². The van der Waals surface area contributed by atoms with E-state index >= 15 is 0 Å². The fourth-order valence-electron chi connectivity index (χ4n) is 2.91. The van der Waals surface area contributed by atoms with Crippen molar-refractivity contribution in [1.82, 2.24) is 10.2 Å².